The predicted octanol–water partition coefficient (Wildman–Crippen LogP) is 3.89. The van der Waals surface area contributed by atoms with Gasteiger partial charge in [-0.05, 0) is 31.5 Å². The first-order valence-corrected chi connectivity index (χ1v) is 12.1. The van der Waals surface area contributed by atoms with Crippen molar-refractivity contribution in [1.29, 1.82) is 0 Å². The molecule has 5 rings (SSSR count). The fraction of sp³-hybridized carbons (Fsp3) is 0.346. The molecule has 4 aromatic rings. The fourth-order valence-electron chi connectivity index (χ4n) is 4.22. The van der Waals surface area contributed by atoms with Gasteiger partial charge < -0.3 is 15.4 Å². The lowest BCUT2D eigenvalue weighted by Gasteiger charge is -2.13. The highest BCUT2D eigenvalue weighted by molar-refractivity contribution is 5.79. The molecule has 36 heavy (non-hydrogen) atoms. The van der Waals surface area contributed by atoms with Crippen LogP contribution >= 0.6 is 0 Å². The highest BCUT2D eigenvalue weighted by Crippen LogP contribution is 2.31. The lowest BCUT2D eigenvalue weighted by atomic mass is 10.0. The van der Waals surface area contributed by atoms with Crippen LogP contribution in [-0.4, -0.2) is 44.1 Å². The number of benzene rings is 1. The van der Waals surface area contributed by atoms with Gasteiger partial charge in [0.25, 0.3) is 0 Å². The number of anilines is 1. The molecule has 0 radical (unpaired) electrons. The molecular formula is C26H30FN7O2. The topological polar surface area (TPSA) is 106 Å². The van der Waals surface area contributed by atoms with Crippen LogP contribution in [0, 0.1) is 12.7 Å². The van der Waals surface area contributed by atoms with Gasteiger partial charge in [0, 0.05) is 66.3 Å². The third-order valence-electron chi connectivity index (χ3n) is 6.02. The Morgan fingerprint density at radius 1 is 1.19 bits per heavy atom. The van der Waals surface area contributed by atoms with E-state index in [2.05, 4.69) is 30.8 Å². The normalized spacial score (nSPS) is 11.9. The standard InChI is InChI=1S/C24H24FN7O2.C2H6/c1-14-16(5-3-15(30-14)4-8-22(33)26-2)19-12-28-24(32-13-29-31-23(19)32)27-11-18-17-9-10-34-21(17)7-6-20(18)25;1-2/h3,5-7,12-13H,4,8-11H2,1-2H3,(H,26,33)(H,27,28);1-2H3. The van der Waals surface area contributed by atoms with Crippen molar-refractivity contribution < 1.29 is 13.9 Å². The van der Waals surface area contributed by atoms with Gasteiger partial charge in [-0.15, -0.1) is 10.2 Å². The molecule has 10 heteroatoms. The summed E-state index contributed by atoms with van der Waals surface area (Å²) in [6.07, 6.45) is 4.92. The molecule has 9 nitrogen and oxygen atoms in total. The maximum Gasteiger partial charge on any atom is 0.220 e. The number of halogens is 1. The second kappa shape index (κ2) is 11.1. The van der Waals surface area contributed by atoms with Crippen LogP contribution in [0.1, 0.15) is 42.8 Å². The van der Waals surface area contributed by atoms with Crippen molar-refractivity contribution in [3.63, 3.8) is 0 Å². The molecule has 0 saturated carbocycles. The van der Waals surface area contributed by atoms with E-state index in [9.17, 15) is 9.18 Å². The molecule has 3 aromatic heterocycles. The van der Waals surface area contributed by atoms with Crippen LogP contribution in [0.15, 0.2) is 36.8 Å². The van der Waals surface area contributed by atoms with Gasteiger partial charge in [-0.3, -0.25) is 14.2 Å². The van der Waals surface area contributed by atoms with Crippen molar-refractivity contribution in [2.45, 2.75) is 46.6 Å². The Hall–Kier alpha value is -4.08. The van der Waals surface area contributed by atoms with E-state index in [-0.39, 0.29) is 18.3 Å². The highest BCUT2D eigenvalue weighted by Gasteiger charge is 2.20. The van der Waals surface area contributed by atoms with Crippen LogP contribution in [0.5, 0.6) is 5.75 Å². The molecule has 1 aromatic carbocycles. The maximum absolute atomic E-state index is 14.5. The second-order valence-corrected chi connectivity index (χ2v) is 8.08. The SMILES string of the molecule is CC.CNC(=O)CCc1ccc(-c2cnc(NCc3c(F)ccc4c3CCO4)n3cnnc23)c(C)n1. The van der Waals surface area contributed by atoms with Gasteiger partial charge >= 0.3 is 0 Å². The number of ether oxygens (including phenoxy) is 1. The maximum atomic E-state index is 14.5. The summed E-state index contributed by atoms with van der Waals surface area (Å²) in [6, 6.07) is 6.97. The van der Waals surface area contributed by atoms with E-state index in [1.807, 2.05) is 32.9 Å². The Kier molecular flexibility index (Phi) is 7.72. The van der Waals surface area contributed by atoms with Gasteiger partial charge in [0.05, 0.1) is 6.61 Å². The summed E-state index contributed by atoms with van der Waals surface area (Å²) in [6.45, 7) is 6.74. The molecule has 0 aliphatic carbocycles. The van der Waals surface area contributed by atoms with E-state index in [1.165, 1.54) is 6.07 Å². The van der Waals surface area contributed by atoms with Gasteiger partial charge in [0.1, 0.15) is 17.9 Å². The number of nitrogens with zero attached hydrogens (tertiary/aromatic N) is 5. The first-order chi connectivity index (χ1) is 17.5. The van der Waals surface area contributed by atoms with Gasteiger partial charge in [0.15, 0.2) is 5.65 Å². The lowest BCUT2D eigenvalue weighted by molar-refractivity contribution is -0.120. The predicted molar refractivity (Wildman–Crippen MR) is 135 cm³/mol. The number of pyridine rings is 1. The minimum Gasteiger partial charge on any atom is -0.493 e. The third kappa shape index (κ3) is 4.98. The average Bonchev–Trinajstić information content (AvgIpc) is 3.58. The quantitative estimate of drug-likeness (QED) is 0.404. The van der Waals surface area contributed by atoms with E-state index in [0.29, 0.717) is 43.0 Å². The first-order valence-electron chi connectivity index (χ1n) is 12.1. The van der Waals surface area contributed by atoms with Gasteiger partial charge in [-0.2, -0.15) is 0 Å². The van der Waals surface area contributed by atoms with Crippen molar-refractivity contribution >= 4 is 17.5 Å². The van der Waals surface area contributed by atoms with Crippen LogP contribution in [0.4, 0.5) is 10.3 Å². The molecule has 4 heterocycles. The van der Waals surface area contributed by atoms with Crippen LogP contribution in [0.3, 0.4) is 0 Å². The number of fused-ring (bicyclic) bond motifs is 2. The number of nitrogens with one attached hydrogen (secondary N) is 2. The molecule has 0 unspecified atom stereocenters. The average molecular weight is 492 g/mol. The molecule has 1 aliphatic heterocycles. The number of amides is 1. The van der Waals surface area contributed by atoms with Crippen molar-refractivity contribution in [3.05, 3.63) is 65.1 Å². The number of hydrogen-bond donors (Lipinski definition) is 2. The zero-order valence-electron chi connectivity index (χ0n) is 20.9. The van der Waals surface area contributed by atoms with Crippen molar-refractivity contribution in [1.82, 2.24) is 29.9 Å². The Morgan fingerprint density at radius 3 is 2.81 bits per heavy atom. The number of hydrogen-bond acceptors (Lipinski definition) is 7. The summed E-state index contributed by atoms with van der Waals surface area (Å²) in [4.78, 5) is 20.7. The van der Waals surface area contributed by atoms with Gasteiger partial charge in [-0.1, -0.05) is 19.9 Å². The number of carbonyl (C=O) groups excluding carboxylic acids is 1. The summed E-state index contributed by atoms with van der Waals surface area (Å²) in [5, 5.41) is 14.2. The van der Waals surface area contributed by atoms with E-state index in [4.69, 9.17) is 4.74 Å². The molecule has 0 fully saturated rings. The monoisotopic (exact) mass is 491 g/mol. The summed E-state index contributed by atoms with van der Waals surface area (Å²) in [5.74, 6) is 0.950. The molecule has 2 N–H and O–H groups in total. The Bertz CT molecular complexity index is 1390. The van der Waals surface area contributed by atoms with Crippen LogP contribution < -0.4 is 15.4 Å². The Balaban J connectivity index is 0.00000148. The molecule has 0 atom stereocenters. The number of aromatic nitrogens is 5. The summed E-state index contributed by atoms with van der Waals surface area (Å²) >= 11 is 0. The Morgan fingerprint density at radius 2 is 2.03 bits per heavy atom. The molecule has 0 saturated heterocycles. The van der Waals surface area contributed by atoms with Crippen molar-refractivity contribution in [3.8, 4) is 16.9 Å². The van der Waals surface area contributed by atoms with Crippen LogP contribution in [-0.2, 0) is 24.2 Å². The summed E-state index contributed by atoms with van der Waals surface area (Å²) in [7, 11) is 1.62. The number of aryl methyl sites for hydroxylation is 2. The smallest absolute Gasteiger partial charge is 0.220 e. The van der Waals surface area contributed by atoms with E-state index >= 15 is 0 Å². The number of carbonyl (C=O) groups is 1. The van der Waals surface area contributed by atoms with Gasteiger partial charge in [0.2, 0.25) is 11.9 Å². The molecule has 0 spiro atoms. The molecule has 0 bridgehead atoms. The zero-order chi connectivity index (χ0) is 25.7. The largest absolute Gasteiger partial charge is 0.493 e. The minimum atomic E-state index is -0.272. The summed E-state index contributed by atoms with van der Waals surface area (Å²) < 4.78 is 21.8. The fourth-order valence-corrected chi connectivity index (χ4v) is 4.22. The summed E-state index contributed by atoms with van der Waals surface area (Å²) in [5.41, 5.74) is 5.40. The van der Waals surface area contributed by atoms with E-state index in [0.717, 1.165) is 33.8 Å². The highest BCUT2D eigenvalue weighted by atomic mass is 19.1. The molecule has 1 aliphatic rings. The first kappa shape index (κ1) is 25.0. The molecular weight excluding hydrogens is 461 g/mol. The van der Waals surface area contributed by atoms with E-state index in [1.54, 1.807) is 30.0 Å². The third-order valence-corrected chi connectivity index (χ3v) is 6.02. The number of rotatable bonds is 7. The van der Waals surface area contributed by atoms with E-state index < -0.39 is 0 Å². The van der Waals surface area contributed by atoms with Crippen molar-refractivity contribution in [2.24, 2.45) is 0 Å². The lowest BCUT2D eigenvalue weighted by Crippen LogP contribution is -2.18. The molecule has 1 amide bonds. The molecule has 188 valence electrons. The Labute approximate surface area is 209 Å². The van der Waals surface area contributed by atoms with Crippen molar-refractivity contribution in [2.75, 3.05) is 19.0 Å². The van der Waals surface area contributed by atoms with Crippen LogP contribution in [0.25, 0.3) is 16.8 Å². The second-order valence-electron chi connectivity index (χ2n) is 8.08. The minimum absolute atomic E-state index is 0.0196. The van der Waals surface area contributed by atoms with Crippen LogP contribution in [0.2, 0.25) is 0 Å². The van der Waals surface area contributed by atoms with Gasteiger partial charge in [-0.25, -0.2) is 9.37 Å². The zero-order valence-corrected chi connectivity index (χ0v) is 20.9.